The first-order valence-electron chi connectivity index (χ1n) is 5.50. The maximum atomic E-state index is 11.2. The number of esters is 1. The van der Waals surface area contributed by atoms with Crippen LogP contribution in [0, 0.1) is 5.92 Å². The van der Waals surface area contributed by atoms with Gasteiger partial charge in [-0.3, -0.25) is 4.79 Å². The molecule has 0 fully saturated rings. The molecule has 0 unspecified atom stereocenters. The van der Waals surface area contributed by atoms with Gasteiger partial charge in [-0.2, -0.15) is 0 Å². The normalized spacial score (nSPS) is 14.2. The molecule has 3 heteroatoms. The number of methoxy groups -OCH3 is 1. The maximum Gasteiger partial charge on any atom is 0.308 e. The molecule has 0 aliphatic rings. The minimum atomic E-state index is -0.191. The van der Waals surface area contributed by atoms with Crippen molar-refractivity contribution in [3.05, 3.63) is 35.9 Å². The SMILES string of the molecule is COC(=O)[C@@H](C)C[C@H](N)Cc1ccccc1. The summed E-state index contributed by atoms with van der Waals surface area (Å²) in [6, 6.07) is 10.0. The number of rotatable bonds is 5. The molecule has 0 amide bonds. The largest absolute Gasteiger partial charge is 0.469 e. The van der Waals surface area contributed by atoms with E-state index < -0.39 is 0 Å². The molecule has 0 spiro atoms. The molecule has 1 aromatic rings. The highest BCUT2D eigenvalue weighted by molar-refractivity contribution is 5.71. The molecule has 0 saturated heterocycles. The Hall–Kier alpha value is -1.35. The highest BCUT2D eigenvalue weighted by Crippen LogP contribution is 2.11. The van der Waals surface area contributed by atoms with Crippen LogP contribution in [-0.4, -0.2) is 19.1 Å². The zero-order valence-electron chi connectivity index (χ0n) is 9.85. The molecule has 2 atom stereocenters. The van der Waals surface area contributed by atoms with Gasteiger partial charge >= 0.3 is 5.97 Å². The van der Waals surface area contributed by atoms with Crippen LogP contribution >= 0.6 is 0 Å². The van der Waals surface area contributed by atoms with Gasteiger partial charge in [-0.25, -0.2) is 0 Å². The second kappa shape index (κ2) is 6.28. The first-order chi connectivity index (χ1) is 7.63. The summed E-state index contributed by atoms with van der Waals surface area (Å²) < 4.78 is 4.67. The number of hydrogen-bond acceptors (Lipinski definition) is 3. The fourth-order valence-electron chi connectivity index (χ4n) is 1.75. The topological polar surface area (TPSA) is 52.3 Å². The molecule has 3 nitrogen and oxygen atoms in total. The smallest absolute Gasteiger partial charge is 0.308 e. The Balaban J connectivity index is 2.42. The molecule has 0 radical (unpaired) electrons. The summed E-state index contributed by atoms with van der Waals surface area (Å²) in [6.45, 7) is 1.84. The maximum absolute atomic E-state index is 11.2. The average molecular weight is 221 g/mol. The van der Waals surface area contributed by atoms with E-state index in [1.54, 1.807) is 0 Å². The monoisotopic (exact) mass is 221 g/mol. The lowest BCUT2D eigenvalue weighted by Crippen LogP contribution is -2.28. The molecule has 1 aromatic carbocycles. The number of carbonyl (C=O) groups is 1. The molecule has 0 aliphatic carbocycles. The molecule has 2 N–H and O–H groups in total. The second-order valence-corrected chi connectivity index (χ2v) is 4.11. The van der Waals surface area contributed by atoms with Crippen molar-refractivity contribution >= 4 is 5.97 Å². The molecule has 16 heavy (non-hydrogen) atoms. The van der Waals surface area contributed by atoms with Crippen LogP contribution in [0.25, 0.3) is 0 Å². The van der Waals surface area contributed by atoms with Gasteiger partial charge in [0.2, 0.25) is 0 Å². The summed E-state index contributed by atoms with van der Waals surface area (Å²) in [5, 5.41) is 0. The number of nitrogens with two attached hydrogens (primary N) is 1. The Labute approximate surface area is 96.6 Å². The third kappa shape index (κ3) is 4.03. The molecule has 0 saturated carbocycles. The van der Waals surface area contributed by atoms with Crippen molar-refractivity contribution in [3.8, 4) is 0 Å². The van der Waals surface area contributed by atoms with Crippen molar-refractivity contribution < 1.29 is 9.53 Å². The van der Waals surface area contributed by atoms with Gasteiger partial charge in [0.05, 0.1) is 13.0 Å². The number of carbonyl (C=O) groups excluding carboxylic acids is 1. The Morgan fingerprint density at radius 3 is 2.56 bits per heavy atom. The molecule has 0 bridgehead atoms. The van der Waals surface area contributed by atoms with E-state index in [0.717, 1.165) is 6.42 Å². The van der Waals surface area contributed by atoms with Crippen LogP contribution in [0.3, 0.4) is 0 Å². The van der Waals surface area contributed by atoms with Gasteiger partial charge < -0.3 is 10.5 Å². The summed E-state index contributed by atoms with van der Waals surface area (Å²) in [6.07, 6.45) is 1.45. The summed E-state index contributed by atoms with van der Waals surface area (Å²) in [4.78, 5) is 11.2. The fraction of sp³-hybridized carbons (Fsp3) is 0.462. The standard InChI is InChI=1S/C13H19NO2/c1-10(13(15)16-2)8-12(14)9-11-6-4-3-5-7-11/h3-7,10,12H,8-9,14H2,1-2H3/t10-,12-/m0/s1. The van der Waals surface area contributed by atoms with Gasteiger partial charge in [-0.05, 0) is 18.4 Å². The van der Waals surface area contributed by atoms with Crippen molar-refractivity contribution in [3.63, 3.8) is 0 Å². The predicted octanol–water partition coefficient (Wildman–Crippen LogP) is 1.76. The van der Waals surface area contributed by atoms with Crippen LogP contribution < -0.4 is 5.73 Å². The fourth-order valence-corrected chi connectivity index (χ4v) is 1.75. The Kier molecular flexibility index (Phi) is 4.99. The van der Waals surface area contributed by atoms with Crippen molar-refractivity contribution in [2.24, 2.45) is 11.7 Å². The summed E-state index contributed by atoms with van der Waals surface area (Å²) in [5.74, 6) is -0.327. The zero-order chi connectivity index (χ0) is 12.0. The van der Waals surface area contributed by atoms with Gasteiger partial charge in [0.25, 0.3) is 0 Å². The van der Waals surface area contributed by atoms with E-state index in [9.17, 15) is 4.79 Å². The van der Waals surface area contributed by atoms with Gasteiger partial charge in [0.1, 0.15) is 0 Å². The first kappa shape index (κ1) is 12.7. The van der Waals surface area contributed by atoms with Crippen molar-refractivity contribution in [2.75, 3.05) is 7.11 Å². The van der Waals surface area contributed by atoms with Crippen LogP contribution in [0.4, 0.5) is 0 Å². The Bertz CT molecular complexity index is 324. The van der Waals surface area contributed by atoms with E-state index in [1.807, 2.05) is 37.3 Å². The minimum Gasteiger partial charge on any atom is -0.469 e. The van der Waals surface area contributed by atoms with Crippen LogP contribution in [-0.2, 0) is 16.0 Å². The van der Waals surface area contributed by atoms with Crippen molar-refractivity contribution in [2.45, 2.75) is 25.8 Å². The zero-order valence-corrected chi connectivity index (χ0v) is 9.85. The number of ether oxygens (including phenoxy) is 1. The average Bonchev–Trinajstić information content (AvgIpc) is 2.29. The van der Waals surface area contributed by atoms with E-state index in [0.29, 0.717) is 6.42 Å². The summed E-state index contributed by atoms with van der Waals surface area (Å²) >= 11 is 0. The molecular weight excluding hydrogens is 202 g/mol. The highest BCUT2D eigenvalue weighted by atomic mass is 16.5. The van der Waals surface area contributed by atoms with Crippen LogP contribution in [0.1, 0.15) is 18.9 Å². The van der Waals surface area contributed by atoms with E-state index >= 15 is 0 Å². The molecule has 1 rings (SSSR count). The van der Waals surface area contributed by atoms with Crippen LogP contribution in [0.5, 0.6) is 0 Å². The summed E-state index contributed by atoms with van der Waals surface area (Å²) in [5.41, 5.74) is 7.19. The number of benzene rings is 1. The Morgan fingerprint density at radius 2 is 2.00 bits per heavy atom. The lowest BCUT2D eigenvalue weighted by Gasteiger charge is -2.15. The lowest BCUT2D eigenvalue weighted by molar-refractivity contribution is -0.145. The van der Waals surface area contributed by atoms with Crippen LogP contribution in [0.2, 0.25) is 0 Å². The second-order valence-electron chi connectivity index (χ2n) is 4.11. The Morgan fingerprint density at radius 1 is 1.38 bits per heavy atom. The van der Waals surface area contributed by atoms with E-state index in [-0.39, 0.29) is 17.9 Å². The molecular formula is C13H19NO2. The van der Waals surface area contributed by atoms with Crippen molar-refractivity contribution in [1.29, 1.82) is 0 Å². The molecule has 0 aromatic heterocycles. The van der Waals surface area contributed by atoms with Gasteiger partial charge in [-0.15, -0.1) is 0 Å². The van der Waals surface area contributed by atoms with E-state index in [4.69, 9.17) is 5.73 Å². The number of hydrogen-bond donors (Lipinski definition) is 1. The third-order valence-corrected chi connectivity index (χ3v) is 2.60. The molecule has 0 heterocycles. The predicted molar refractivity (Wildman–Crippen MR) is 63.9 cm³/mol. The van der Waals surface area contributed by atoms with Gasteiger partial charge in [0.15, 0.2) is 0 Å². The molecule has 0 aliphatic heterocycles. The summed E-state index contributed by atoms with van der Waals surface area (Å²) in [7, 11) is 1.40. The first-order valence-corrected chi connectivity index (χ1v) is 5.50. The van der Waals surface area contributed by atoms with Gasteiger partial charge in [0, 0.05) is 6.04 Å². The molecule has 88 valence electrons. The quantitative estimate of drug-likeness (QED) is 0.771. The van der Waals surface area contributed by atoms with E-state index in [1.165, 1.54) is 12.7 Å². The van der Waals surface area contributed by atoms with Crippen molar-refractivity contribution in [1.82, 2.24) is 0 Å². The third-order valence-electron chi connectivity index (χ3n) is 2.60. The minimum absolute atomic E-state index is 0.00324. The van der Waals surface area contributed by atoms with Crippen LogP contribution in [0.15, 0.2) is 30.3 Å². The van der Waals surface area contributed by atoms with E-state index in [2.05, 4.69) is 4.74 Å². The lowest BCUT2D eigenvalue weighted by atomic mass is 9.97. The van der Waals surface area contributed by atoms with Gasteiger partial charge in [-0.1, -0.05) is 37.3 Å². The highest BCUT2D eigenvalue weighted by Gasteiger charge is 2.16.